The van der Waals surface area contributed by atoms with Gasteiger partial charge in [0.25, 0.3) is 0 Å². The average Bonchev–Trinajstić information content (AvgIpc) is 2.50. The number of aromatic hydroxyl groups is 1. The van der Waals surface area contributed by atoms with Crippen LogP contribution in [0.5, 0.6) is 5.75 Å². The molecule has 3 nitrogen and oxygen atoms in total. The number of nitrogens with zero attached hydrogens (tertiary/aromatic N) is 2. The highest BCUT2D eigenvalue weighted by atomic mass is 19.1. The molecule has 1 aromatic rings. The third kappa shape index (κ3) is 3.91. The summed E-state index contributed by atoms with van der Waals surface area (Å²) in [4.78, 5) is 4.76. The van der Waals surface area contributed by atoms with Crippen molar-refractivity contribution in [2.24, 2.45) is 0 Å². The number of benzene rings is 1. The molecule has 0 radical (unpaired) electrons. The molecule has 2 rings (SSSR count). The van der Waals surface area contributed by atoms with Crippen molar-refractivity contribution in [2.45, 2.75) is 32.4 Å². The molecular weight excluding hydrogens is 243 g/mol. The van der Waals surface area contributed by atoms with Crippen molar-refractivity contribution in [3.8, 4) is 5.75 Å². The molecule has 0 aromatic heterocycles. The van der Waals surface area contributed by atoms with Gasteiger partial charge in [0.1, 0.15) is 11.6 Å². The number of phenolic OH excluding ortho intramolecular Hbond substituents is 1. The molecule has 106 valence electrons. The molecule has 1 N–H and O–H groups in total. The lowest BCUT2D eigenvalue weighted by Crippen LogP contribution is -2.39. The Labute approximate surface area is 114 Å². The predicted molar refractivity (Wildman–Crippen MR) is 74.7 cm³/mol. The van der Waals surface area contributed by atoms with Gasteiger partial charge in [-0.25, -0.2) is 4.39 Å². The Kier molecular flexibility index (Phi) is 4.77. The molecule has 1 aliphatic heterocycles. The summed E-state index contributed by atoms with van der Waals surface area (Å²) in [5.74, 6) is -0.357. The van der Waals surface area contributed by atoms with Gasteiger partial charge in [0.15, 0.2) is 0 Å². The monoisotopic (exact) mass is 266 g/mol. The lowest BCUT2D eigenvalue weighted by atomic mass is 10.1. The zero-order valence-corrected chi connectivity index (χ0v) is 11.8. The van der Waals surface area contributed by atoms with E-state index in [1.165, 1.54) is 6.07 Å². The number of hydrogen-bond donors (Lipinski definition) is 1. The Hall–Kier alpha value is -1.13. The van der Waals surface area contributed by atoms with Crippen LogP contribution in [-0.2, 0) is 6.54 Å². The molecule has 1 atom stereocenters. The van der Waals surface area contributed by atoms with Gasteiger partial charge in [-0.3, -0.25) is 4.90 Å². The van der Waals surface area contributed by atoms with Gasteiger partial charge in [-0.1, -0.05) is 6.92 Å². The van der Waals surface area contributed by atoms with Gasteiger partial charge in [-0.05, 0) is 44.1 Å². The van der Waals surface area contributed by atoms with E-state index in [1.54, 1.807) is 6.07 Å². The van der Waals surface area contributed by atoms with Crippen LogP contribution in [0.1, 0.15) is 25.3 Å². The van der Waals surface area contributed by atoms with E-state index in [2.05, 4.69) is 23.8 Å². The normalized spacial score (nSPS) is 22.4. The second-order valence-electron chi connectivity index (χ2n) is 5.47. The average molecular weight is 266 g/mol. The first-order valence-corrected chi connectivity index (χ1v) is 6.99. The predicted octanol–water partition coefficient (Wildman–Crippen LogP) is 2.45. The highest BCUT2D eigenvalue weighted by molar-refractivity contribution is 5.28. The molecule has 0 aliphatic carbocycles. The molecule has 19 heavy (non-hydrogen) atoms. The van der Waals surface area contributed by atoms with Crippen molar-refractivity contribution < 1.29 is 9.50 Å². The first-order valence-electron chi connectivity index (χ1n) is 6.99. The molecular formula is C15H23FN2O. The number of halogens is 1. The van der Waals surface area contributed by atoms with Gasteiger partial charge in [0.05, 0.1) is 0 Å². The van der Waals surface area contributed by atoms with Crippen molar-refractivity contribution in [2.75, 3.05) is 26.7 Å². The SMILES string of the molecule is CCC1CN(C)CCCN1Cc1cc(O)cc(F)c1. The first kappa shape index (κ1) is 14.3. The minimum Gasteiger partial charge on any atom is -0.508 e. The summed E-state index contributed by atoms with van der Waals surface area (Å²) in [6.07, 6.45) is 2.22. The van der Waals surface area contributed by atoms with Crippen LogP contribution in [0.15, 0.2) is 18.2 Å². The fraction of sp³-hybridized carbons (Fsp3) is 0.600. The largest absolute Gasteiger partial charge is 0.508 e. The molecule has 1 saturated heterocycles. The maximum Gasteiger partial charge on any atom is 0.127 e. The Morgan fingerprint density at radius 1 is 1.32 bits per heavy atom. The summed E-state index contributed by atoms with van der Waals surface area (Å²) in [6, 6.07) is 4.82. The molecule has 1 aromatic carbocycles. The number of phenols is 1. The van der Waals surface area contributed by atoms with E-state index in [-0.39, 0.29) is 11.6 Å². The van der Waals surface area contributed by atoms with E-state index in [0.717, 1.165) is 44.1 Å². The minimum atomic E-state index is -0.366. The van der Waals surface area contributed by atoms with E-state index in [9.17, 15) is 9.50 Å². The summed E-state index contributed by atoms with van der Waals surface area (Å²) >= 11 is 0. The van der Waals surface area contributed by atoms with Crippen molar-refractivity contribution >= 4 is 0 Å². The standard InChI is InChI=1S/C15H23FN2O/c1-3-14-11-17(2)5-4-6-18(14)10-12-7-13(16)9-15(19)8-12/h7-9,14,19H,3-6,10-11H2,1-2H3. The van der Waals surface area contributed by atoms with Crippen LogP contribution in [-0.4, -0.2) is 47.6 Å². The third-order valence-electron chi connectivity index (χ3n) is 3.82. The molecule has 1 aliphatic rings. The molecule has 0 amide bonds. The number of likely N-dealkylation sites (N-methyl/N-ethyl adjacent to an activating group) is 1. The molecule has 4 heteroatoms. The fourth-order valence-corrected chi connectivity index (χ4v) is 2.85. The summed E-state index contributed by atoms with van der Waals surface area (Å²) in [7, 11) is 2.15. The number of hydrogen-bond acceptors (Lipinski definition) is 3. The van der Waals surface area contributed by atoms with Gasteiger partial charge in [0.2, 0.25) is 0 Å². The minimum absolute atomic E-state index is 0.00925. The summed E-state index contributed by atoms with van der Waals surface area (Å²) in [5, 5.41) is 9.48. The Balaban J connectivity index is 2.10. The second-order valence-corrected chi connectivity index (χ2v) is 5.47. The Bertz CT molecular complexity index is 404. The summed E-state index contributed by atoms with van der Waals surface area (Å²) in [5.41, 5.74) is 0.848. The molecule has 0 saturated carbocycles. The molecule has 1 heterocycles. The first-order chi connectivity index (χ1) is 9.08. The van der Waals surface area contributed by atoms with E-state index in [0.29, 0.717) is 12.6 Å². The van der Waals surface area contributed by atoms with Crippen LogP contribution >= 0.6 is 0 Å². The van der Waals surface area contributed by atoms with Gasteiger partial charge >= 0.3 is 0 Å². The Morgan fingerprint density at radius 2 is 2.11 bits per heavy atom. The second kappa shape index (κ2) is 6.35. The van der Waals surface area contributed by atoms with Gasteiger partial charge in [-0.2, -0.15) is 0 Å². The topological polar surface area (TPSA) is 26.7 Å². The highest BCUT2D eigenvalue weighted by Crippen LogP contribution is 2.19. The molecule has 0 spiro atoms. The smallest absolute Gasteiger partial charge is 0.127 e. The van der Waals surface area contributed by atoms with E-state index < -0.39 is 0 Å². The van der Waals surface area contributed by atoms with E-state index >= 15 is 0 Å². The quantitative estimate of drug-likeness (QED) is 0.910. The molecule has 1 fully saturated rings. The van der Waals surface area contributed by atoms with Gasteiger partial charge in [-0.15, -0.1) is 0 Å². The summed E-state index contributed by atoms with van der Waals surface area (Å²) < 4.78 is 13.3. The van der Waals surface area contributed by atoms with Crippen LogP contribution in [0, 0.1) is 5.82 Å². The van der Waals surface area contributed by atoms with Crippen LogP contribution in [0.25, 0.3) is 0 Å². The van der Waals surface area contributed by atoms with Crippen molar-refractivity contribution in [3.05, 3.63) is 29.6 Å². The van der Waals surface area contributed by atoms with E-state index in [4.69, 9.17) is 0 Å². The maximum atomic E-state index is 13.3. The van der Waals surface area contributed by atoms with Gasteiger partial charge < -0.3 is 10.0 Å². The zero-order chi connectivity index (χ0) is 13.8. The van der Waals surface area contributed by atoms with Gasteiger partial charge in [0, 0.05) is 31.7 Å². The van der Waals surface area contributed by atoms with Crippen LogP contribution < -0.4 is 0 Å². The fourth-order valence-electron chi connectivity index (χ4n) is 2.85. The highest BCUT2D eigenvalue weighted by Gasteiger charge is 2.22. The van der Waals surface area contributed by atoms with Crippen LogP contribution in [0.2, 0.25) is 0 Å². The Morgan fingerprint density at radius 3 is 2.79 bits per heavy atom. The lowest BCUT2D eigenvalue weighted by Gasteiger charge is -2.30. The zero-order valence-electron chi connectivity index (χ0n) is 11.8. The van der Waals surface area contributed by atoms with E-state index in [1.807, 2.05) is 0 Å². The van der Waals surface area contributed by atoms with Crippen molar-refractivity contribution in [1.29, 1.82) is 0 Å². The third-order valence-corrected chi connectivity index (χ3v) is 3.82. The maximum absolute atomic E-state index is 13.3. The molecule has 1 unspecified atom stereocenters. The van der Waals surface area contributed by atoms with Crippen molar-refractivity contribution in [3.63, 3.8) is 0 Å². The summed E-state index contributed by atoms with van der Waals surface area (Å²) in [6.45, 7) is 6.09. The number of rotatable bonds is 3. The van der Waals surface area contributed by atoms with Crippen LogP contribution in [0.4, 0.5) is 4.39 Å². The molecule has 0 bridgehead atoms. The van der Waals surface area contributed by atoms with Crippen LogP contribution in [0.3, 0.4) is 0 Å². The lowest BCUT2D eigenvalue weighted by molar-refractivity contribution is 0.175. The van der Waals surface area contributed by atoms with Crippen molar-refractivity contribution in [1.82, 2.24) is 9.80 Å².